The first kappa shape index (κ1) is 22.4. The van der Waals surface area contributed by atoms with E-state index in [1.54, 1.807) is 0 Å². The van der Waals surface area contributed by atoms with Crippen molar-refractivity contribution in [2.75, 3.05) is 0 Å². The number of rotatable bonds is 1. The molecule has 0 radical (unpaired) electrons. The molecule has 0 aromatic heterocycles. The van der Waals surface area contributed by atoms with E-state index >= 15 is 0 Å². The quantitative estimate of drug-likeness (QED) is 0.219. The molecule has 180 valence electrons. The molecule has 37 heavy (non-hydrogen) atoms. The summed E-state index contributed by atoms with van der Waals surface area (Å²) in [6, 6.07) is 39.0. The van der Waals surface area contributed by atoms with Gasteiger partial charge in [0.25, 0.3) is 0 Å². The van der Waals surface area contributed by atoms with Crippen LogP contribution in [0.15, 0.2) is 109 Å². The molecule has 1 nitrogen and oxygen atoms in total. The van der Waals surface area contributed by atoms with E-state index in [0.717, 1.165) is 33.8 Å². The van der Waals surface area contributed by atoms with Gasteiger partial charge in [-0.3, -0.25) is 0 Å². The summed E-state index contributed by atoms with van der Waals surface area (Å²) in [5, 5.41) is 0.706. The van der Waals surface area contributed by atoms with Crippen molar-refractivity contribution in [1.82, 2.24) is 0 Å². The molecule has 2 aliphatic rings. The zero-order valence-electron chi connectivity index (χ0n) is 21.2. The van der Waals surface area contributed by atoms with Crippen LogP contribution in [-0.2, 0) is 10.8 Å². The third kappa shape index (κ3) is 3.11. The number of para-hydroxylation sites is 1. The van der Waals surface area contributed by atoms with E-state index in [9.17, 15) is 0 Å². The highest BCUT2D eigenvalue weighted by molar-refractivity contribution is 6.31. The van der Waals surface area contributed by atoms with E-state index in [1.165, 1.54) is 27.8 Å². The van der Waals surface area contributed by atoms with Gasteiger partial charge in [-0.2, -0.15) is 0 Å². The van der Waals surface area contributed by atoms with Crippen molar-refractivity contribution in [2.45, 2.75) is 31.6 Å². The molecule has 1 aliphatic heterocycles. The maximum Gasteiger partial charge on any atom is 0.140 e. The predicted molar refractivity (Wildman–Crippen MR) is 153 cm³/mol. The van der Waals surface area contributed by atoms with Crippen LogP contribution in [0, 0.1) is 0 Å². The van der Waals surface area contributed by atoms with E-state index in [2.05, 4.69) is 124 Å². The van der Waals surface area contributed by atoms with Gasteiger partial charge in [0.1, 0.15) is 11.5 Å². The van der Waals surface area contributed by atoms with Gasteiger partial charge in [-0.15, -0.1) is 0 Å². The van der Waals surface area contributed by atoms with E-state index in [4.69, 9.17) is 16.3 Å². The predicted octanol–water partition coefficient (Wildman–Crippen LogP) is 9.77. The number of hydrogen-bond donors (Lipinski definition) is 0. The first-order valence-electron chi connectivity index (χ1n) is 12.8. The van der Waals surface area contributed by atoms with Gasteiger partial charge in [-0.05, 0) is 57.0 Å². The molecule has 5 aromatic carbocycles. The van der Waals surface area contributed by atoms with E-state index < -0.39 is 5.41 Å². The first-order chi connectivity index (χ1) is 17.9. The molecular formula is C35H27ClO. The molecule has 0 atom stereocenters. The number of fused-ring (bicyclic) bond motifs is 9. The second-order valence-electron chi connectivity index (χ2n) is 11.1. The topological polar surface area (TPSA) is 9.23 Å². The van der Waals surface area contributed by atoms with Crippen molar-refractivity contribution >= 4 is 11.6 Å². The number of benzene rings is 5. The Kier molecular flexibility index (Phi) is 4.75. The van der Waals surface area contributed by atoms with Crippen LogP contribution in [0.1, 0.15) is 48.6 Å². The van der Waals surface area contributed by atoms with Gasteiger partial charge in [0.05, 0.1) is 5.41 Å². The van der Waals surface area contributed by atoms with Crippen molar-refractivity contribution in [2.24, 2.45) is 0 Å². The maximum atomic E-state index is 6.92. The fourth-order valence-corrected chi connectivity index (χ4v) is 6.50. The molecule has 0 N–H and O–H groups in total. The molecule has 0 unspecified atom stereocenters. The van der Waals surface area contributed by atoms with E-state index in [0.29, 0.717) is 5.02 Å². The Bertz CT molecular complexity index is 1640. The largest absolute Gasteiger partial charge is 0.456 e. The summed E-state index contributed by atoms with van der Waals surface area (Å²) < 4.78 is 6.77. The van der Waals surface area contributed by atoms with Crippen molar-refractivity contribution < 1.29 is 4.74 Å². The minimum absolute atomic E-state index is 0.0864. The summed E-state index contributed by atoms with van der Waals surface area (Å²) in [5.41, 5.74) is 10.3. The lowest BCUT2D eigenvalue weighted by atomic mass is 9.65. The van der Waals surface area contributed by atoms with Crippen LogP contribution < -0.4 is 4.74 Å². The van der Waals surface area contributed by atoms with Gasteiger partial charge in [0.15, 0.2) is 0 Å². The molecule has 7 rings (SSSR count). The number of ether oxygens (including phenoxy) is 1. The molecular weight excluding hydrogens is 472 g/mol. The standard InChI is InChI=1S/C35H27ClO/c1-34(2,3)23-18-16-22(17-19-23)27-20-24(36)21-31-33(27)37-32-15-9-8-14-30(32)35(31)28-12-6-4-10-25(28)26-11-5-7-13-29(26)35/h4-21H,1-3H3. The van der Waals surface area contributed by atoms with E-state index in [1.807, 2.05) is 6.07 Å². The average Bonchev–Trinajstić information content (AvgIpc) is 3.20. The Morgan fingerprint density at radius 3 is 1.78 bits per heavy atom. The molecule has 0 saturated carbocycles. The fraction of sp³-hybridized carbons (Fsp3) is 0.143. The van der Waals surface area contributed by atoms with Crippen LogP contribution in [0.5, 0.6) is 11.5 Å². The maximum absolute atomic E-state index is 6.92. The summed E-state index contributed by atoms with van der Waals surface area (Å²) in [4.78, 5) is 0. The van der Waals surface area contributed by atoms with Gasteiger partial charge in [0, 0.05) is 21.7 Å². The zero-order valence-corrected chi connectivity index (χ0v) is 21.9. The molecule has 0 amide bonds. The molecule has 5 aromatic rings. The normalized spacial score (nSPS) is 14.4. The SMILES string of the molecule is CC(C)(C)c1ccc(-c2cc(Cl)cc3c2Oc2ccccc2C32c3ccccc3-c3ccccc32)cc1. The van der Waals surface area contributed by atoms with Gasteiger partial charge in [-0.25, -0.2) is 0 Å². The smallest absolute Gasteiger partial charge is 0.140 e. The highest BCUT2D eigenvalue weighted by Gasteiger charge is 2.51. The van der Waals surface area contributed by atoms with Crippen molar-refractivity contribution in [1.29, 1.82) is 0 Å². The zero-order chi connectivity index (χ0) is 25.4. The molecule has 0 saturated heterocycles. The van der Waals surface area contributed by atoms with Crippen LogP contribution in [0.25, 0.3) is 22.3 Å². The second-order valence-corrected chi connectivity index (χ2v) is 11.5. The summed E-state index contributed by atoms with van der Waals surface area (Å²) in [7, 11) is 0. The van der Waals surface area contributed by atoms with Gasteiger partial charge < -0.3 is 4.74 Å². The molecule has 1 spiro atoms. The minimum atomic E-state index is -0.512. The number of hydrogen-bond acceptors (Lipinski definition) is 1. The third-order valence-corrected chi connectivity index (χ3v) is 8.19. The molecule has 0 fully saturated rings. The van der Waals surface area contributed by atoms with Crippen LogP contribution >= 0.6 is 11.6 Å². The average molecular weight is 499 g/mol. The fourth-order valence-electron chi connectivity index (χ4n) is 6.28. The summed E-state index contributed by atoms with van der Waals surface area (Å²) in [6.45, 7) is 6.71. The van der Waals surface area contributed by atoms with Crippen LogP contribution in [0.4, 0.5) is 0 Å². The Morgan fingerprint density at radius 2 is 1.16 bits per heavy atom. The second kappa shape index (κ2) is 7.84. The van der Waals surface area contributed by atoms with Crippen LogP contribution in [0.3, 0.4) is 0 Å². The molecule has 2 heteroatoms. The number of halogens is 1. The van der Waals surface area contributed by atoms with Gasteiger partial charge in [0.2, 0.25) is 0 Å². The lowest BCUT2D eigenvalue weighted by Gasteiger charge is -2.40. The van der Waals surface area contributed by atoms with Crippen molar-refractivity contribution in [3.63, 3.8) is 0 Å². The Morgan fingerprint density at radius 1 is 0.595 bits per heavy atom. The summed E-state index contributed by atoms with van der Waals surface area (Å²) in [5.74, 6) is 1.76. The Hall–Kier alpha value is -3.81. The summed E-state index contributed by atoms with van der Waals surface area (Å²) >= 11 is 6.92. The molecule has 0 bridgehead atoms. The van der Waals surface area contributed by atoms with Gasteiger partial charge >= 0.3 is 0 Å². The van der Waals surface area contributed by atoms with E-state index in [-0.39, 0.29) is 5.41 Å². The van der Waals surface area contributed by atoms with Crippen molar-refractivity contribution in [3.8, 4) is 33.8 Å². The monoisotopic (exact) mass is 498 g/mol. The highest BCUT2D eigenvalue weighted by atomic mass is 35.5. The first-order valence-corrected chi connectivity index (χ1v) is 13.2. The highest BCUT2D eigenvalue weighted by Crippen LogP contribution is 2.63. The van der Waals surface area contributed by atoms with Crippen LogP contribution in [-0.4, -0.2) is 0 Å². The lowest BCUT2D eigenvalue weighted by Crippen LogP contribution is -2.32. The van der Waals surface area contributed by atoms with Crippen molar-refractivity contribution in [3.05, 3.63) is 142 Å². The van der Waals surface area contributed by atoms with Crippen LogP contribution in [0.2, 0.25) is 5.02 Å². The third-order valence-electron chi connectivity index (χ3n) is 7.98. The lowest BCUT2D eigenvalue weighted by molar-refractivity contribution is 0.438. The van der Waals surface area contributed by atoms with Gasteiger partial charge in [-0.1, -0.05) is 123 Å². The minimum Gasteiger partial charge on any atom is -0.456 e. The Labute approximate surface area is 223 Å². The molecule has 1 heterocycles. The Balaban J connectivity index is 1.58. The summed E-state index contributed by atoms with van der Waals surface area (Å²) in [6.07, 6.45) is 0. The molecule has 1 aliphatic carbocycles.